The zero-order valence-corrected chi connectivity index (χ0v) is 14.0. The molecule has 0 aromatic heterocycles. The number of rotatable bonds is 4. The molecular weight excluding hydrogens is 326 g/mol. The summed E-state index contributed by atoms with van der Waals surface area (Å²) in [5, 5.41) is 18.3. The van der Waals surface area contributed by atoms with Gasteiger partial charge in [-0.3, -0.25) is 8.61 Å². The zero-order valence-electron chi connectivity index (χ0n) is 13.2. The van der Waals surface area contributed by atoms with Crippen LogP contribution >= 0.6 is 0 Å². The van der Waals surface area contributed by atoms with Gasteiger partial charge in [-0.15, -0.1) is 0 Å². The van der Waals surface area contributed by atoms with Crippen molar-refractivity contribution in [1.82, 2.24) is 0 Å². The van der Waals surface area contributed by atoms with Gasteiger partial charge in [0.1, 0.15) is 0 Å². The summed E-state index contributed by atoms with van der Waals surface area (Å²) in [5.41, 5.74) is 3.25. The van der Waals surface area contributed by atoms with Crippen molar-refractivity contribution in [3.05, 3.63) is 48.0 Å². The van der Waals surface area contributed by atoms with Crippen LogP contribution in [0.4, 0.5) is 11.4 Å². The topological polar surface area (TPSA) is 84.6 Å². The molecule has 0 saturated heterocycles. The van der Waals surface area contributed by atoms with Gasteiger partial charge in [0, 0.05) is 20.2 Å². The molecule has 0 unspecified atom stereocenters. The lowest BCUT2D eigenvalue weighted by molar-refractivity contribution is 0.291. The summed E-state index contributed by atoms with van der Waals surface area (Å²) in [6, 6.07) is 14.7. The van der Waals surface area contributed by atoms with Gasteiger partial charge in [-0.2, -0.15) is 13.7 Å². The molecule has 2 aromatic rings. The first-order chi connectivity index (χ1) is 11.5. The second-order valence-corrected chi connectivity index (χ2v) is 7.37. The van der Waals surface area contributed by atoms with Gasteiger partial charge in [-0.25, -0.2) is 0 Å². The van der Waals surface area contributed by atoms with Crippen LogP contribution in [-0.4, -0.2) is 33.7 Å². The minimum absolute atomic E-state index is 0.0707. The lowest BCUT2D eigenvalue weighted by Gasteiger charge is -2.18. The summed E-state index contributed by atoms with van der Waals surface area (Å²) in [7, 11) is -2.11. The maximum atomic E-state index is 12.5. The van der Waals surface area contributed by atoms with Crippen LogP contribution in [0.25, 0.3) is 11.1 Å². The highest BCUT2D eigenvalue weighted by molar-refractivity contribution is 7.94. The summed E-state index contributed by atoms with van der Waals surface area (Å²) >= 11 is 0. The number of nitriles is 1. The fourth-order valence-corrected chi connectivity index (χ4v) is 4.29. The molecule has 7 heteroatoms. The maximum absolute atomic E-state index is 12.5. The molecule has 0 radical (unpaired) electrons. The molecule has 0 amide bonds. The third-order valence-electron chi connectivity index (χ3n) is 4.09. The largest absolute Gasteiger partial charge is 0.396 e. The fourth-order valence-electron chi connectivity index (χ4n) is 2.83. The second kappa shape index (κ2) is 6.15. The van der Waals surface area contributed by atoms with Crippen LogP contribution in [0.15, 0.2) is 42.5 Å². The van der Waals surface area contributed by atoms with E-state index in [2.05, 4.69) is 6.07 Å². The van der Waals surface area contributed by atoms with Crippen molar-refractivity contribution in [2.45, 2.75) is 6.42 Å². The molecular formula is C17H17N3O3S. The van der Waals surface area contributed by atoms with Crippen molar-refractivity contribution in [2.75, 3.05) is 28.8 Å². The van der Waals surface area contributed by atoms with E-state index in [0.717, 1.165) is 11.1 Å². The average Bonchev–Trinajstić information content (AvgIpc) is 2.79. The van der Waals surface area contributed by atoms with Crippen LogP contribution in [0.1, 0.15) is 12.0 Å². The molecule has 1 N–H and O–H groups in total. The number of anilines is 2. The van der Waals surface area contributed by atoms with E-state index in [0.29, 0.717) is 23.4 Å². The van der Waals surface area contributed by atoms with Crippen molar-refractivity contribution >= 4 is 21.6 Å². The van der Waals surface area contributed by atoms with Crippen LogP contribution in [0.2, 0.25) is 0 Å². The summed E-state index contributed by atoms with van der Waals surface area (Å²) in [6.45, 7) is 0.156. The van der Waals surface area contributed by atoms with E-state index in [-0.39, 0.29) is 13.2 Å². The van der Waals surface area contributed by atoms with Gasteiger partial charge in [0.2, 0.25) is 0 Å². The Bertz CT molecular complexity index is 919. The molecule has 1 heterocycles. The Kier molecular flexibility index (Phi) is 4.18. The minimum atomic E-state index is -3.62. The lowest BCUT2D eigenvalue weighted by atomic mass is 9.99. The standard InChI is InChI=1S/C17H17N3O3S/c1-19-17-11-13(15-6-3-2-5-14(15)12-18)7-8-16(17)20(9-4-10-21)24(19,22)23/h2-3,5-8,11,21H,4,9-10H2,1H3. The number of aliphatic hydroxyl groups is 1. The molecule has 3 rings (SSSR count). The average molecular weight is 343 g/mol. The molecule has 6 nitrogen and oxygen atoms in total. The minimum Gasteiger partial charge on any atom is -0.396 e. The predicted octanol–water partition coefficient (Wildman–Crippen LogP) is 2.11. The van der Waals surface area contributed by atoms with Gasteiger partial charge in [-0.05, 0) is 35.7 Å². The molecule has 2 aromatic carbocycles. The van der Waals surface area contributed by atoms with Crippen molar-refractivity contribution in [1.29, 1.82) is 5.26 Å². The predicted molar refractivity (Wildman–Crippen MR) is 93.0 cm³/mol. The molecule has 0 aliphatic carbocycles. The van der Waals surface area contributed by atoms with Crippen LogP contribution < -0.4 is 8.61 Å². The van der Waals surface area contributed by atoms with Crippen molar-refractivity contribution in [2.24, 2.45) is 0 Å². The van der Waals surface area contributed by atoms with Crippen LogP contribution in [0.5, 0.6) is 0 Å². The monoisotopic (exact) mass is 343 g/mol. The van der Waals surface area contributed by atoms with E-state index in [1.165, 1.54) is 15.7 Å². The first-order valence-electron chi connectivity index (χ1n) is 7.51. The Hall–Kier alpha value is -2.56. The van der Waals surface area contributed by atoms with Crippen molar-refractivity contribution < 1.29 is 13.5 Å². The Balaban J connectivity index is 2.10. The normalized spacial score (nSPS) is 15.2. The summed E-state index contributed by atoms with van der Waals surface area (Å²) < 4.78 is 27.6. The maximum Gasteiger partial charge on any atom is 0.326 e. The smallest absolute Gasteiger partial charge is 0.326 e. The molecule has 1 aliphatic heterocycles. The zero-order chi connectivity index (χ0) is 17.3. The van der Waals surface area contributed by atoms with E-state index < -0.39 is 10.2 Å². The molecule has 0 spiro atoms. The Morgan fingerprint density at radius 1 is 1.17 bits per heavy atom. The number of hydrogen-bond acceptors (Lipinski definition) is 4. The van der Waals surface area contributed by atoms with Crippen molar-refractivity contribution in [3.8, 4) is 17.2 Å². The van der Waals surface area contributed by atoms with Gasteiger partial charge >= 0.3 is 10.2 Å². The number of hydrogen-bond donors (Lipinski definition) is 1. The third kappa shape index (κ3) is 2.50. The first kappa shape index (κ1) is 16.3. The first-order valence-corrected chi connectivity index (χ1v) is 8.91. The van der Waals surface area contributed by atoms with Crippen LogP contribution in [-0.2, 0) is 10.2 Å². The molecule has 124 valence electrons. The molecule has 0 bridgehead atoms. The number of nitrogens with zero attached hydrogens (tertiary/aromatic N) is 3. The Labute approximate surface area is 141 Å². The molecule has 24 heavy (non-hydrogen) atoms. The molecule has 0 fully saturated rings. The number of benzene rings is 2. The quantitative estimate of drug-likeness (QED) is 0.921. The second-order valence-electron chi connectivity index (χ2n) is 5.49. The number of fused-ring (bicyclic) bond motifs is 1. The van der Waals surface area contributed by atoms with Gasteiger partial charge < -0.3 is 5.11 Å². The summed E-state index contributed by atoms with van der Waals surface area (Å²) in [5.74, 6) is 0. The Morgan fingerprint density at radius 3 is 2.62 bits per heavy atom. The fraction of sp³-hybridized carbons (Fsp3) is 0.235. The van der Waals surface area contributed by atoms with Gasteiger partial charge in [0.15, 0.2) is 0 Å². The van der Waals surface area contributed by atoms with Gasteiger partial charge in [0.25, 0.3) is 0 Å². The van der Waals surface area contributed by atoms with Crippen LogP contribution in [0, 0.1) is 11.3 Å². The van der Waals surface area contributed by atoms with Crippen molar-refractivity contribution in [3.63, 3.8) is 0 Å². The summed E-state index contributed by atoms with van der Waals surface area (Å²) in [6.07, 6.45) is 0.367. The number of aliphatic hydroxyl groups excluding tert-OH is 1. The highest BCUT2D eigenvalue weighted by atomic mass is 32.2. The molecule has 1 aliphatic rings. The van der Waals surface area contributed by atoms with Crippen LogP contribution in [0.3, 0.4) is 0 Å². The van der Waals surface area contributed by atoms with E-state index in [4.69, 9.17) is 5.11 Å². The van der Waals surface area contributed by atoms with E-state index in [1.807, 2.05) is 18.2 Å². The van der Waals surface area contributed by atoms with E-state index in [9.17, 15) is 13.7 Å². The highest BCUT2D eigenvalue weighted by Gasteiger charge is 2.37. The van der Waals surface area contributed by atoms with Gasteiger partial charge in [-0.1, -0.05) is 24.3 Å². The highest BCUT2D eigenvalue weighted by Crippen LogP contribution is 2.42. The van der Waals surface area contributed by atoms with E-state index in [1.54, 1.807) is 24.3 Å². The third-order valence-corrected chi connectivity index (χ3v) is 5.91. The van der Waals surface area contributed by atoms with E-state index >= 15 is 0 Å². The van der Waals surface area contributed by atoms with Gasteiger partial charge in [0.05, 0.1) is 23.0 Å². The molecule has 0 saturated carbocycles. The Morgan fingerprint density at radius 2 is 1.92 bits per heavy atom. The SMILES string of the molecule is CN1c2cc(-c3ccccc3C#N)ccc2N(CCCO)S1(=O)=O. The summed E-state index contributed by atoms with van der Waals surface area (Å²) in [4.78, 5) is 0. The lowest BCUT2D eigenvalue weighted by Crippen LogP contribution is -2.36. The molecule has 0 atom stereocenters.